The third kappa shape index (κ3) is 6.64. The maximum Gasteiger partial charge on any atom is 0.0714 e. The van der Waals surface area contributed by atoms with E-state index in [4.69, 9.17) is 0 Å². The van der Waals surface area contributed by atoms with Gasteiger partial charge in [0.25, 0.3) is 0 Å². The number of hydrogen-bond acceptors (Lipinski definition) is 1. The summed E-state index contributed by atoms with van der Waals surface area (Å²) < 4.78 is 2.39. The highest BCUT2D eigenvalue weighted by atomic mass is 15.1. The van der Waals surface area contributed by atoms with Crippen molar-refractivity contribution in [2.75, 3.05) is 4.90 Å². The molecule has 2 heteroatoms. The van der Waals surface area contributed by atoms with E-state index in [1.54, 1.807) is 0 Å². The van der Waals surface area contributed by atoms with E-state index in [2.05, 4.69) is 289 Å². The van der Waals surface area contributed by atoms with E-state index in [1.165, 1.54) is 71.9 Å². The van der Waals surface area contributed by atoms with E-state index in [1.807, 2.05) is 0 Å². The van der Waals surface area contributed by atoms with Gasteiger partial charge < -0.3 is 9.47 Å². The van der Waals surface area contributed by atoms with Crippen LogP contribution in [0.4, 0.5) is 17.1 Å². The van der Waals surface area contributed by atoms with Gasteiger partial charge in [0.15, 0.2) is 0 Å². The molecule has 12 aromatic rings. The Morgan fingerprint density at radius 1 is 0.290 bits per heavy atom. The summed E-state index contributed by atoms with van der Waals surface area (Å²) in [5.74, 6) is 0. The topological polar surface area (TPSA) is 8.17 Å². The Balaban J connectivity index is 1.03. The molecule has 0 unspecified atom stereocenters. The third-order valence-electron chi connectivity index (χ3n) is 14.3. The maximum atomic E-state index is 2.47. The highest BCUT2D eigenvalue weighted by Crippen LogP contribution is 2.57. The lowest BCUT2D eigenvalue weighted by Gasteiger charge is -2.35. The van der Waals surface area contributed by atoms with E-state index in [0.29, 0.717) is 0 Å². The van der Waals surface area contributed by atoms with Crippen molar-refractivity contribution in [2.24, 2.45) is 0 Å². The quantitative estimate of drug-likeness (QED) is 0.140. The van der Waals surface area contributed by atoms with Gasteiger partial charge in [-0.15, -0.1) is 0 Å². The highest BCUT2D eigenvalue weighted by Gasteiger charge is 2.46. The average Bonchev–Trinajstić information content (AvgIpc) is 3.93. The minimum absolute atomic E-state index is 0.546. The fourth-order valence-corrected chi connectivity index (χ4v) is 11.2. The van der Waals surface area contributed by atoms with Crippen LogP contribution in [0, 0.1) is 0 Å². The van der Waals surface area contributed by atoms with Crippen LogP contribution in [-0.4, -0.2) is 4.57 Å². The molecule has 2 nitrogen and oxygen atoms in total. The Hall–Kier alpha value is -8.98. The lowest BCUT2D eigenvalue weighted by molar-refractivity contribution is 0.768. The number of anilines is 3. The van der Waals surface area contributed by atoms with Gasteiger partial charge in [-0.1, -0.05) is 218 Å². The second-order valence-electron chi connectivity index (χ2n) is 18.0. The van der Waals surface area contributed by atoms with Gasteiger partial charge in [0.1, 0.15) is 0 Å². The van der Waals surface area contributed by atoms with Crippen LogP contribution in [0.5, 0.6) is 0 Å². The van der Waals surface area contributed by atoms with E-state index in [-0.39, 0.29) is 0 Å². The van der Waals surface area contributed by atoms with Gasteiger partial charge in [-0.2, -0.15) is 0 Å². The highest BCUT2D eigenvalue weighted by molar-refractivity contribution is 6.09. The van der Waals surface area contributed by atoms with Crippen molar-refractivity contribution in [1.82, 2.24) is 4.57 Å². The normalized spacial score (nSPS) is 12.5. The number of benzene rings is 11. The van der Waals surface area contributed by atoms with Crippen LogP contribution in [0.15, 0.2) is 279 Å². The number of nitrogens with zero attached hydrogens (tertiary/aromatic N) is 2. The zero-order valence-corrected chi connectivity index (χ0v) is 38.0. The Morgan fingerprint density at radius 3 is 1.39 bits per heavy atom. The summed E-state index contributed by atoms with van der Waals surface area (Å²) in [4.78, 5) is 2.47. The van der Waals surface area contributed by atoms with Gasteiger partial charge in [-0.25, -0.2) is 0 Å². The van der Waals surface area contributed by atoms with Gasteiger partial charge >= 0.3 is 0 Å². The summed E-state index contributed by atoms with van der Waals surface area (Å²) >= 11 is 0. The second kappa shape index (κ2) is 16.7. The molecule has 13 rings (SSSR count). The van der Waals surface area contributed by atoms with Crippen molar-refractivity contribution in [3.8, 4) is 50.2 Å². The van der Waals surface area contributed by atoms with Crippen LogP contribution in [0.2, 0.25) is 0 Å². The number of para-hydroxylation sites is 2. The molecular formula is C67H46N2. The third-order valence-corrected chi connectivity index (χ3v) is 14.3. The van der Waals surface area contributed by atoms with Crippen molar-refractivity contribution in [3.05, 3.63) is 301 Å². The molecule has 0 saturated carbocycles. The van der Waals surface area contributed by atoms with Crippen molar-refractivity contribution >= 4 is 38.9 Å². The average molecular weight is 879 g/mol. The van der Waals surface area contributed by atoms with Gasteiger partial charge in [0.2, 0.25) is 0 Å². The van der Waals surface area contributed by atoms with Crippen molar-refractivity contribution in [1.29, 1.82) is 0 Å². The molecule has 0 bridgehead atoms. The molecule has 324 valence electrons. The Morgan fingerprint density at radius 2 is 0.768 bits per heavy atom. The monoisotopic (exact) mass is 878 g/mol. The molecule has 0 aliphatic heterocycles. The second-order valence-corrected chi connectivity index (χ2v) is 18.0. The van der Waals surface area contributed by atoms with Crippen LogP contribution in [0.25, 0.3) is 72.0 Å². The van der Waals surface area contributed by atoms with E-state index < -0.39 is 5.41 Å². The fraction of sp³-hybridized carbons (Fsp3) is 0.0149. The first-order valence-corrected chi connectivity index (χ1v) is 23.8. The number of aromatic nitrogens is 1. The molecule has 1 aliphatic rings. The number of rotatable bonds is 9. The molecule has 69 heavy (non-hydrogen) atoms. The molecular weight excluding hydrogens is 833 g/mol. The maximum absolute atomic E-state index is 2.47. The molecule has 0 N–H and O–H groups in total. The van der Waals surface area contributed by atoms with Crippen LogP contribution in [-0.2, 0) is 5.41 Å². The summed E-state index contributed by atoms with van der Waals surface area (Å²) in [6, 6.07) is 102. The molecule has 11 aromatic carbocycles. The molecule has 0 radical (unpaired) electrons. The van der Waals surface area contributed by atoms with Crippen LogP contribution in [0.3, 0.4) is 0 Å². The Labute approximate surface area is 403 Å². The van der Waals surface area contributed by atoms with Gasteiger partial charge in [-0.3, -0.25) is 0 Å². The first-order valence-electron chi connectivity index (χ1n) is 23.8. The molecule has 0 fully saturated rings. The number of fused-ring (bicyclic) bond motifs is 6. The van der Waals surface area contributed by atoms with E-state index in [0.717, 1.165) is 39.4 Å². The number of hydrogen-bond donors (Lipinski definition) is 0. The van der Waals surface area contributed by atoms with E-state index >= 15 is 0 Å². The SMILES string of the molecule is c1ccc(-c2ccc(N(c3cccc(C4(c5ccccc5)c5ccccc5-c5ccccc54)c3)c3ccc(-c4ccccc4)cc3-c3ccc(-n4c5ccccc5c5ccccc54)cc3)cc2)cc1. The molecule has 0 spiro atoms. The minimum Gasteiger partial charge on any atom is -0.310 e. The van der Waals surface area contributed by atoms with Gasteiger partial charge in [-0.05, 0) is 122 Å². The lowest BCUT2D eigenvalue weighted by Crippen LogP contribution is -2.28. The summed E-state index contributed by atoms with van der Waals surface area (Å²) in [5, 5.41) is 2.51. The minimum atomic E-state index is -0.546. The molecule has 0 saturated heterocycles. The zero-order chi connectivity index (χ0) is 45.7. The van der Waals surface area contributed by atoms with E-state index in [9.17, 15) is 0 Å². The largest absolute Gasteiger partial charge is 0.310 e. The Kier molecular flexibility index (Phi) is 9.77. The first-order chi connectivity index (χ1) is 34.2. The van der Waals surface area contributed by atoms with Crippen molar-refractivity contribution in [3.63, 3.8) is 0 Å². The summed E-state index contributed by atoms with van der Waals surface area (Å²) in [5.41, 5.74) is 20.8. The summed E-state index contributed by atoms with van der Waals surface area (Å²) in [6.45, 7) is 0. The predicted molar refractivity (Wildman–Crippen MR) is 289 cm³/mol. The predicted octanol–water partition coefficient (Wildman–Crippen LogP) is 17.6. The van der Waals surface area contributed by atoms with Crippen LogP contribution < -0.4 is 4.90 Å². The molecule has 0 amide bonds. The first kappa shape index (κ1) is 40.3. The van der Waals surface area contributed by atoms with Crippen LogP contribution >= 0.6 is 0 Å². The fourth-order valence-electron chi connectivity index (χ4n) is 11.2. The van der Waals surface area contributed by atoms with Crippen molar-refractivity contribution in [2.45, 2.75) is 5.41 Å². The lowest BCUT2D eigenvalue weighted by atomic mass is 9.67. The summed E-state index contributed by atoms with van der Waals surface area (Å²) in [6.07, 6.45) is 0. The molecule has 1 aliphatic carbocycles. The van der Waals surface area contributed by atoms with Gasteiger partial charge in [0, 0.05) is 33.4 Å². The van der Waals surface area contributed by atoms with Crippen LogP contribution in [0.1, 0.15) is 22.3 Å². The van der Waals surface area contributed by atoms with Crippen molar-refractivity contribution < 1.29 is 0 Å². The Bertz CT molecular complexity index is 3710. The molecule has 1 aromatic heterocycles. The smallest absolute Gasteiger partial charge is 0.0714 e. The van der Waals surface area contributed by atoms with Gasteiger partial charge in [0.05, 0.1) is 22.1 Å². The summed E-state index contributed by atoms with van der Waals surface area (Å²) in [7, 11) is 0. The standard InChI is InChI=1S/C67H46N2/c1-4-19-47(20-5-1)49-35-40-54(41-36-49)68(56-26-18-25-53(46-56)67(52-23-8-3-9-24-52)62-31-14-10-27-57(62)58-28-11-15-32-63(58)67)66-44-39-51(48-21-6-2-7-22-48)45-61(66)50-37-42-55(43-38-50)69-64-33-16-12-29-59(64)60-30-13-17-34-65(60)69/h1-46H. The molecule has 0 atom stereocenters. The molecule has 1 heterocycles. The zero-order valence-electron chi connectivity index (χ0n) is 38.0.